The molecule has 2 heterocycles. The molecule has 3 rings (SSSR count). The Labute approximate surface area is 221 Å². The van der Waals surface area contributed by atoms with Crippen LogP contribution in [0.4, 0.5) is 5.95 Å². The van der Waals surface area contributed by atoms with Crippen LogP contribution >= 0.6 is 0 Å². The number of hydrogen-bond donors (Lipinski definition) is 3. The molecule has 1 aromatic carbocycles. The minimum absolute atomic E-state index is 0.0316. The topological polar surface area (TPSA) is 173 Å². The average molecular weight is 523 g/mol. The first-order chi connectivity index (χ1) is 18.1. The summed E-state index contributed by atoms with van der Waals surface area (Å²) in [6.45, 7) is 4.18. The zero-order valence-electron chi connectivity index (χ0n) is 22.0. The lowest BCUT2D eigenvalue weighted by Crippen LogP contribution is -2.45. The molecule has 12 nitrogen and oxygen atoms in total. The molecular weight excluding hydrogens is 488 g/mol. The normalized spacial score (nSPS) is 17.1. The number of allylic oxidation sites excluding steroid dienone is 2. The zero-order valence-corrected chi connectivity index (χ0v) is 22.0. The SMILES string of the molecule is COc1cccc2c(C(C=NC/C(C=O)=C/C=C\N(C)C3CCN(C(=O)C(C)(C)O)C3)=NN)nc(N)nc12. The van der Waals surface area contributed by atoms with E-state index in [1.807, 2.05) is 18.1 Å². The molecule has 12 heteroatoms. The van der Waals surface area contributed by atoms with Gasteiger partial charge in [0.05, 0.1) is 19.9 Å². The summed E-state index contributed by atoms with van der Waals surface area (Å²) in [5.74, 6) is 5.90. The van der Waals surface area contributed by atoms with Crippen molar-refractivity contribution in [2.45, 2.75) is 31.9 Å². The molecule has 1 aliphatic heterocycles. The Morgan fingerprint density at radius 2 is 2.13 bits per heavy atom. The Morgan fingerprint density at radius 1 is 1.37 bits per heavy atom. The van der Waals surface area contributed by atoms with Crippen molar-refractivity contribution in [1.82, 2.24) is 19.8 Å². The quantitative estimate of drug-likeness (QED) is 0.102. The summed E-state index contributed by atoms with van der Waals surface area (Å²) in [6.07, 6.45) is 8.20. The molecule has 1 fully saturated rings. The fourth-order valence-electron chi connectivity index (χ4n) is 4.10. The Hall–Kier alpha value is -4.32. The van der Waals surface area contributed by atoms with Gasteiger partial charge in [-0.2, -0.15) is 5.10 Å². The van der Waals surface area contributed by atoms with Crippen molar-refractivity contribution in [1.29, 1.82) is 0 Å². The van der Waals surface area contributed by atoms with Gasteiger partial charge in [-0.1, -0.05) is 18.2 Å². The number of likely N-dealkylation sites (tertiary alicyclic amines) is 1. The van der Waals surface area contributed by atoms with E-state index in [4.69, 9.17) is 16.3 Å². The van der Waals surface area contributed by atoms with Gasteiger partial charge in [0.2, 0.25) is 5.95 Å². The number of aldehydes is 1. The summed E-state index contributed by atoms with van der Waals surface area (Å²) >= 11 is 0. The van der Waals surface area contributed by atoms with E-state index in [2.05, 4.69) is 20.1 Å². The third-order valence-electron chi connectivity index (χ3n) is 6.13. The number of hydrogen-bond acceptors (Lipinski definition) is 11. The fourth-order valence-corrected chi connectivity index (χ4v) is 4.10. The predicted molar refractivity (Wildman–Crippen MR) is 147 cm³/mol. The molecular formula is C26H34N8O4. The maximum absolute atomic E-state index is 12.3. The molecule has 0 spiro atoms. The Kier molecular flexibility index (Phi) is 9.13. The summed E-state index contributed by atoms with van der Waals surface area (Å²) in [4.78, 5) is 40.4. The molecule has 0 radical (unpaired) electrons. The number of nitrogens with zero attached hydrogens (tertiary/aromatic N) is 6. The molecule has 2 aromatic rings. The summed E-state index contributed by atoms with van der Waals surface area (Å²) < 4.78 is 5.36. The highest BCUT2D eigenvalue weighted by Crippen LogP contribution is 2.26. The van der Waals surface area contributed by atoms with Crippen LogP contribution < -0.4 is 16.3 Å². The monoisotopic (exact) mass is 522 g/mol. The Morgan fingerprint density at radius 3 is 2.79 bits per heavy atom. The van der Waals surface area contributed by atoms with E-state index in [-0.39, 0.29) is 30.2 Å². The second-order valence-electron chi connectivity index (χ2n) is 9.39. The number of ether oxygens (including phenoxy) is 1. The second-order valence-corrected chi connectivity index (χ2v) is 9.39. The van der Waals surface area contributed by atoms with Crippen LogP contribution in [0.15, 0.2) is 52.2 Å². The Bertz CT molecular complexity index is 1300. The molecule has 0 bridgehead atoms. The number of aromatic nitrogens is 2. The third kappa shape index (κ3) is 6.71. The number of anilines is 1. The van der Waals surface area contributed by atoms with E-state index in [0.29, 0.717) is 41.0 Å². The van der Waals surface area contributed by atoms with E-state index in [9.17, 15) is 14.7 Å². The third-order valence-corrected chi connectivity index (χ3v) is 6.13. The lowest BCUT2D eigenvalue weighted by molar-refractivity contribution is -0.146. The lowest BCUT2D eigenvalue weighted by Gasteiger charge is -2.26. The maximum Gasteiger partial charge on any atom is 0.254 e. The molecule has 5 N–H and O–H groups in total. The number of hydrazone groups is 1. The van der Waals surface area contributed by atoms with E-state index in [1.165, 1.54) is 27.2 Å². The van der Waals surface area contributed by atoms with Crippen molar-refractivity contribution in [2.75, 3.05) is 39.5 Å². The number of aliphatic hydroxyl groups is 1. The number of fused-ring (bicyclic) bond motifs is 1. The van der Waals surface area contributed by atoms with Crippen molar-refractivity contribution in [2.24, 2.45) is 15.9 Å². The standard InChI is InChI=1S/C26H34N8O4/c1-26(2,37)24(36)34-12-10-18(15-34)33(3)11-6-7-17(16-35)13-29-14-20(32-28)22-19-8-5-9-21(38-4)23(19)31-25(27)30-22/h5-9,11,14,16,18,37H,10,12-13,15,28H2,1-4H3,(H2,27,30,31)/b11-6-,17-7-,29-14?,32-20?. The second kappa shape index (κ2) is 12.3. The number of rotatable bonds is 10. The minimum Gasteiger partial charge on any atom is -0.494 e. The molecule has 1 amide bonds. The number of aliphatic imine (C=N–C) groups is 1. The highest BCUT2D eigenvalue weighted by molar-refractivity contribution is 6.40. The van der Waals surface area contributed by atoms with Gasteiger partial charge >= 0.3 is 0 Å². The van der Waals surface area contributed by atoms with Gasteiger partial charge in [0, 0.05) is 37.1 Å². The lowest BCUT2D eigenvalue weighted by atomic mass is 10.1. The van der Waals surface area contributed by atoms with E-state index < -0.39 is 5.60 Å². The minimum atomic E-state index is -1.39. The van der Waals surface area contributed by atoms with Gasteiger partial charge in [-0.05, 0) is 38.6 Å². The van der Waals surface area contributed by atoms with E-state index in [1.54, 1.807) is 35.3 Å². The van der Waals surface area contributed by atoms with Crippen LogP contribution in [-0.4, -0.2) is 94.4 Å². The van der Waals surface area contributed by atoms with Crippen LogP contribution in [0.5, 0.6) is 5.75 Å². The first-order valence-corrected chi connectivity index (χ1v) is 12.0. The number of benzene rings is 1. The van der Waals surface area contributed by atoms with Gasteiger partial charge in [0.15, 0.2) is 0 Å². The molecule has 1 aromatic heterocycles. The van der Waals surface area contributed by atoms with Crippen molar-refractivity contribution >= 4 is 41.0 Å². The number of nitrogens with two attached hydrogens (primary N) is 2. The van der Waals surface area contributed by atoms with Crippen molar-refractivity contribution in [3.8, 4) is 5.75 Å². The number of likely N-dealkylation sites (N-methyl/N-ethyl adjacent to an activating group) is 1. The van der Waals surface area contributed by atoms with Crippen LogP contribution in [0.25, 0.3) is 10.9 Å². The average Bonchev–Trinajstić information content (AvgIpc) is 3.38. The molecule has 1 aliphatic rings. The summed E-state index contributed by atoms with van der Waals surface area (Å²) in [6, 6.07) is 5.46. The van der Waals surface area contributed by atoms with Crippen LogP contribution in [-0.2, 0) is 9.59 Å². The number of methoxy groups -OCH3 is 1. The predicted octanol–water partition coefficient (Wildman–Crippen LogP) is 0.897. The van der Waals surface area contributed by atoms with Crippen LogP contribution in [0.3, 0.4) is 0 Å². The fraction of sp³-hybridized carbons (Fsp3) is 0.385. The first-order valence-electron chi connectivity index (χ1n) is 12.0. The highest BCUT2D eigenvalue weighted by atomic mass is 16.5. The van der Waals surface area contributed by atoms with Gasteiger partial charge in [-0.3, -0.25) is 14.6 Å². The molecule has 202 valence electrons. The van der Waals surface area contributed by atoms with Crippen molar-refractivity contribution < 1.29 is 19.4 Å². The van der Waals surface area contributed by atoms with E-state index >= 15 is 0 Å². The van der Waals surface area contributed by atoms with Crippen LogP contribution in [0.2, 0.25) is 0 Å². The molecule has 1 unspecified atom stereocenters. The molecule has 38 heavy (non-hydrogen) atoms. The first kappa shape index (κ1) is 28.3. The summed E-state index contributed by atoms with van der Waals surface area (Å²) in [5.41, 5.74) is 6.11. The molecule has 1 saturated heterocycles. The van der Waals surface area contributed by atoms with Gasteiger partial charge in [-0.25, -0.2) is 9.97 Å². The molecule has 1 atom stereocenters. The number of amides is 1. The largest absolute Gasteiger partial charge is 0.494 e. The summed E-state index contributed by atoms with van der Waals surface area (Å²) in [7, 11) is 3.44. The smallest absolute Gasteiger partial charge is 0.254 e. The van der Waals surface area contributed by atoms with Gasteiger partial charge in [0.1, 0.15) is 34.6 Å². The van der Waals surface area contributed by atoms with Crippen molar-refractivity contribution in [3.63, 3.8) is 0 Å². The molecule has 0 saturated carbocycles. The molecule has 0 aliphatic carbocycles. The van der Waals surface area contributed by atoms with Crippen LogP contribution in [0, 0.1) is 0 Å². The maximum atomic E-state index is 12.3. The van der Waals surface area contributed by atoms with Gasteiger partial charge in [0.25, 0.3) is 5.91 Å². The Balaban J connectivity index is 1.67. The van der Waals surface area contributed by atoms with Crippen LogP contribution in [0.1, 0.15) is 26.0 Å². The van der Waals surface area contributed by atoms with Gasteiger partial charge < -0.3 is 31.2 Å². The van der Waals surface area contributed by atoms with E-state index in [0.717, 1.165) is 12.7 Å². The number of carbonyl (C=O) groups is 2. The summed E-state index contributed by atoms with van der Waals surface area (Å²) in [5, 5.41) is 14.4. The van der Waals surface area contributed by atoms with Gasteiger partial charge in [-0.15, -0.1) is 0 Å². The number of carbonyl (C=O) groups excluding carboxylic acids is 2. The number of para-hydroxylation sites is 1. The number of nitrogen functional groups attached to an aromatic ring is 1. The van der Waals surface area contributed by atoms with Crippen molar-refractivity contribution in [3.05, 3.63) is 47.8 Å². The zero-order chi connectivity index (χ0) is 27.9. The highest BCUT2D eigenvalue weighted by Gasteiger charge is 2.35.